The fourth-order valence-electron chi connectivity index (χ4n) is 2.72. The van der Waals surface area contributed by atoms with E-state index in [1.807, 2.05) is 19.1 Å². The van der Waals surface area contributed by atoms with Crippen LogP contribution in [0.3, 0.4) is 0 Å². The highest BCUT2D eigenvalue weighted by atomic mass is 32.2. The van der Waals surface area contributed by atoms with Gasteiger partial charge in [0.25, 0.3) is 0 Å². The molecule has 118 valence electrons. The molecule has 0 radical (unpaired) electrons. The first-order chi connectivity index (χ1) is 9.77. The molecule has 1 fully saturated rings. The molecule has 1 aromatic rings. The minimum Gasteiger partial charge on any atom is -0.389 e. The minimum absolute atomic E-state index is 0.113. The van der Waals surface area contributed by atoms with Gasteiger partial charge in [-0.3, -0.25) is 4.72 Å². The summed E-state index contributed by atoms with van der Waals surface area (Å²) in [7, 11) is -3.24. The van der Waals surface area contributed by atoms with Crippen molar-refractivity contribution in [3.05, 3.63) is 29.8 Å². The number of sulfonamides is 1. The van der Waals surface area contributed by atoms with Crippen LogP contribution in [-0.2, 0) is 10.0 Å². The number of benzene rings is 1. The first kappa shape index (κ1) is 16.3. The molecular weight excluding hydrogens is 288 g/mol. The van der Waals surface area contributed by atoms with E-state index in [1.165, 1.54) is 0 Å². The molecular formula is C15H24N2O3S. The van der Waals surface area contributed by atoms with Gasteiger partial charge in [-0.15, -0.1) is 0 Å². The summed E-state index contributed by atoms with van der Waals surface area (Å²) in [6, 6.07) is 7.40. The van der Waals surface area contributed by atoms with Crippen LogP contribution in [0.15, 0.2) is 24.3 Å². The van der Waals surface area contributed by atoms with E-state index in [9.17, 15) is 13.5 Å². The van der Waals surface area contributed by atoms with E-state index in [0.29, 0.717) is 12.2 Å². The highest BCUT2D eigenvalue weighted by molar-refractivity contribution is 7.92. The van der Waals surface area contributed by atoms with E-state index in [-0.39, 0.29) is 6.04 Å². The third-order valence-electron chi connectivity index (χ3n) is 3.99. The van der Waals surface area contributed by atoms with Gasteiger partial charge in [-0.1, -0.05) is 25.0 Å². The molecule has 0 heterocycles. The molecule has 1 unspecified atom stereocenters. The maximum atomic E-state index is 11.2. The Morgan fingerprint density at radius 1 is 1.24 bits per heavy atom. The van der Waals surface area contributed by atoms with Gasteiger partial charge in [-0.25, -0.2) is 8.42 Å². The van der Waals surface area contributed by atoms with Gasteiger partial charge in [0.2, 0.25) is 10.0 Å². The summed E-state index contributed by atoms with van der Waals surface area (Å²) in [5.74, 6) is 0. The number of hydrogen-bond acceptors (Lipinski definition) is 4. The Hall–Kier alpha value is -1.11. The van der Waals surface area contributed by atoms with E-state index in [4.69, 9.17) is 0 Å². The molecule has 0 spiro atoms. The van der Waals surface area contributed by atoms with Gasteiger partial charge in [-0.2, -0.15) is 0 Å². The van der Waals surface area contributed by atoms with Gasteiger partial charge >= 0.3 is 0 Å². The van der Waals surface area contributed by atoms with E-state index in [2.05, 4.69) is 10.0 Å². The molecule has 5 nitrogen and oxygen atoms in total. The number of hydrogen-bond donors (Lipinski definition) is 3. The van der Waals surface area contributed by atoms with Crippen LogP contribution in [0, 0.1) is 0 Å². The Kier molecular flexibility index (Phi) is 4.91. The molecule has 6 heteroatoms. The van der Waals surface area contributed by atoms with Gasteiger partial charge in [0.15, 0.2) is 0 Å². The molecule has 3 N–H and O–H groups in total. The van der Waals surface area contributed by atoms with Crippen molar-refractivity contribution >= 4 is 15.7 Å². The first-order valence-corrected chi connectivity index (χ1v) is 9.20. The second-order valence-corrected chi connectivity index (χ2v) is 7.78. The lowest BCUT2D eigenvalue weighted by atomic mass is 10.0. The summed E-state index contributed by atoms with van der Waals surface area (Å²) in [4.78, 5) is 0. The summed E-state index contributed by atoms with van der Waals surface area (Å²) in [5.41, 5.74) is 1.06. The summed E-state index contributed by atoms with van der Waals surface area (Å²) in [6.45, 7) is 2.63. The number of aliphatic hydroxyl groups is 1. The average molecular weight is 312 g/mol. The monoisotopic (exact) mass is 312 g/mol. The Morgan fingerprint density at radius 3 is 2.33 bits per heavy atom. The Bertz CT molecular complexity index is 563. The normalized spacial score (nSPS) is 19.4. The SMILES string of the molecule is CC(NCC1(O)CCCC1)c1ccc(NS(C)(=O)=O)cc1. The van der Waals surface area contributed by atoms with Crippen LogP contribution in [0.4, 0.5) is 5.69 Å². The van der Waals surface area contributed by atoms with Crippen molar-refractivity contribution in [3.63, 3.8) is 0 Å². The molecule has 0 aromatic heterocycles. The van der Waals surface area contributed by atoms with Crippen molar-refractivity contribution in [2.24, 2.45) is 0 Å². The molecule has 2 rings (SSSR count). The first-order valence-electron chi connectivity index (χ1n) is 7.31. The Labute approximate surface area is 126 Å². The lowest BCUT2D eigenvalue weighted by Crippen LogP contribution is -2.39. The van der Waals surface area contributed by atoms with Gasteiger partial charge in [-0.05, 0) is 37.5 Å². The van der Waals surface area contributed by atoms with Crippen molar-refractivity contribution < 1.29 is 13.5 Å². The van der Waals surface area contributed by atoms with Crippen molar-refractivity contribution in [3.8, 4) is 0 Å². The van der Waals surface area contributed by atoms with Gasteiger partial charge in [0, 0.05) is 18.3 Å². The number of rotatable bonds is 6. The van der Waals surface area contributed by atoms with E-state index >= 15 is 0 Å². The zero-order valence-electron chi connectivity index (χ0n) is 12.6. The fourth-order valence-corrected chi connectivity index (χ4v) is 3.29. The van der Waals surface area contributed by atoms with Crippen LogP contribution in [0.5, 0.6) is 0 Å². The summed E-state index contributed by atoms with van der Waals surface area (Å²) < 4.78 is 24.7. The smallest absolute Gasteiger partial charge is 0.229 e. The molecule has 21 heavy (non-hydrogen) atoms. The fraction of sp³-hybridized carbons (Fsp3) is 0.600. The zero-order valence-corrected chi connectivity index (χ0v) is 13.4. The van der Waals surface area contributed by atoms with Crippen LogP contribution in [0.2, 0.25) is 0 Å². The largest absolute Gasteiger partial charge is 0.389 e. The van der Waals surface area contributed by atoms with Crippen LogP contribution in [-0.4, -0.2) is 31.9 Å². The number of nitrogens with one attached hydrogen (secondary N) is 2. The topological polar surface area (TPSA) is 78.4 Å². The van der Waals surface area contributed by atoms with Crippen LogP contribution in [0.25, 0.3) is 0 Å². The molecule has 0 bridgehead atoms. The lowest BCUT2D eigenvalue weighted by Gasteiger charge is -2.25. The zero-order chi connectivity index (χ0) is 15.5. The molecule has 1 aliphatic rings. The number of anilines is 1. The Morgan fingerprint density at radius 2 is 1.81 bits per heavy atom. The van der Waals surface area contributed by atoms with Crippen LogP contribution in [0.1, 0.15) is 44.2 Å². The van der Waals surface area contributed by atoms with Crippen molar-refractivity contribution in [1.29, 1.82) is 0 Å². The lowest BCUT2D eigenvalue weighted by molar-refractivity contribution is 0.0453. The molecule has 0 amide bonds. The van der Waals surface area contributed by atoms with Gasteiger partial charge in [0.1, 0.15) is 0 Å². The summed E-state index contributed by atoms with van der Waals surface area (Å²) >= 11 is 0. The predicted molar refractivity (Wildman–Crippen MR) is 84.7 cm³/mol. The van der Waals surface area contributed by atoms with E-state index < -0.39 is 15.6 Å². The van der Waals surface area contributed by atoms with Crippen molar-refractivity contribution in [2.45, 2.75) is 44.2 Å². The van der Waals surface area contributed by atoms with Crippen molar-refractivity contribution in [2.75, 3.05) is 17.5 Å². The Balaban J connectivity index is 1.92. The second-order valence-electron chi connectivity index (χ2n) is 6.03. The summed E-state index contributed by atoms with van der Waals surface area (Å²) in [6.07, 6.45) is 5.05. The van der Waals surface area contributed by atoms with Gasteiger partial charge in [0.05, 0.1) is 11.9 Å². The second kappa shape index (κ2) is 6.34. The standard InChI is InChI=1S/C15H24N2O3S/c1-12(16-11-15(18)9-3-4-10-15)13-5-7-14(8-6-13)17-21(2,19)20/h5-8,12,16-18H,3-4,9-11H2,1-2H3. The molecule has 1 saturated carbocycles. The van der Waals surface area contributed by atoms with E-state index in [0.717, 1.165) is 37.5 Å². The van der Waals surface area contributed by atoms with Crippen molar-refractivity contribution in [1.82, 2.24) is 5.32 Å². The highest BCUT2D eigenvalue weighted by Gasteiger charge is 2.30. The van der Waals surface area contributed by atoms with Crippen LogP contribution < -0.4 is 10.0 Å². The molecule has 0 aliphatic heterocycles. The molecule has 1 aliphatic carbocycles. The van der Waals surface area contributed by atoms with Gasteiger partial charge < -0.3 is 10.4 Å². The molecule has 0 saturated heterocycles. The predicted octanol–water partition coefficient (Wildman–Crippen LogP) is 2.01. The maximum Gasteiger partial charge on any atom is 0.229 e. The highest BCUT2D eigenvalue weighted by Crippen LogP contribution is 2.29. The molecule has 1 atom stereocenters. The van der Waals surface area contributed by atoms with Crippen LogP contribution >= 0.6 is 0 Å². The summed E-state index contributed by atoms with van der Waals surface area (Å²) in [5, 5.41) is 13.7. The quantitative estimate of drug-likeness (QED) is 0.751. The maximum absolute atomic E-state index is 11.2. The van der Waals surface area contributed by atoms with E-state index in [1.54, 1.807) is 12.1 Å². The average Bonchev–Trinajstić information content (AvgIpc) is 2.82. The molecule has 1 aromatic carbocycles. The third kappa shape index (κ3) is 4.98. The minimum atomic E-state index is -3.24. The third-order valence-corrected chi connectivity index (χ3v) is 4.59.